The zero-order chi connectivity index (χ0) is 18.6. The molecular formula is C16H22O8S. The number of rotatable bonds is 6. The van der Waals surface area contributed by atoms with Gasteiger partial charge in [0.05, 0.1) is 19.8 Å². The summed E-state index contributed by atoms with van der Waals surface area (Å²) in [6.45, 7) is -0.777. The number of aliphatic hydroxyl groups excluding tert-OH is 5. The summed E-state index contributed by atoms with van der Waals surface area (Å²) in [4.78, 5) is 11.3. The average molecular weight is 374 g/mol. The Kier molecular flexibility index (Phi) is 6.80. The molecule has 1 aliphatic heterocycles. The van der Waals surface area contributed by atoms with E-state index in [4.69, 9.17) is 14.6 Å². The summed E-state index contributed by atoms with van der Waals surface area (Å²) in [5, 5.41) is 49.1. The van der Waals surface area contributed by atoms with Gasteiger partial charge in [0, 0.05) is 11.3 Å². The molecule has 1 aromatic carbocycles. The van der Waals surface area contributed by atoms with Crippen molar-refractivity contribution in [1.29, 1.82) is 0 Å². The summed E-state index contributed by atoms with van der Waals surface area (Å²) in [5.41, 5.74) is 0. The predicted octanol–water partition coefficient (Wildman–Crippen LogP) is -1.13. The van der Waals surface area contributed by atoms with Crippen molar-refractivity contribution < 1.29 is 39.8 Å². The van der Waals surface area contributed by atoms with E-state index >= 15 is 0 Å². The normalized spacial score (nSPS) is 32.0. The van der Waals surface area contributed by atoms with E-state index < -0.39 is 48.0 Å². The number of carbonyl (C=O) groups excluding carboxylic acids is 1. The van der Waals surface area contributed by atoms with Crippen molar-refractivity contribution in [3.8, 4) is 0 Å². The SMILES string of the molecule is COC(=O)[C@]1(Sc2ccccc2)C[C@H](O)[C@@H](O)[C@H]([C@H](O)[C@H](O)CO)O1. The van der Waals surface area contributed by atoms with E-state index in [9.17, 15) is 25.2 Å². The summed E-state index contributed by atoms with van der Waals surface area (Å²) >= 11 is 0.968. The first-order chi connectivity index (χ1) is 11.8. The van der Waals surface area contributed by atoms with Crippen molar-refractivity contribution in [1.82, 2.24) is 0 Å². The molecule has 8 nitrogen and oxygen atoms in total. The van der Waals surface area contributed by atoms with Crippen molar-refractivity contribution in [3.05, 3.63) is 30.3 Å². The fourth-order valence-electron chi connectivity index (χ4n) is 2.62. The molecule has 5 N–H and O–H groups in total. The molecule has 1 aliphatic rings. The van der Waals surface area contributed by atoms with Gasteiger partial charge in [0.2, 0.25) is 4.93 Å². The van der Waals surface area contributed by atoms with Crippen LogP contribution in [0.25, 0.3) is 0 Å². The molecule has 1 heterocycles. The molecule has 0 saturated carbocycles. The Bertz CT molecular complexity index is 571. The number of methoxy groups -OCH3 is 1. The zero-order valence-electron chi connectivity index (χ0n) is 13.6. The van der Waals surface area contributed by atoms with Gasteiger partial charge in [-0.2, -0.15) is 0 Å². The Morgan fingerprint density at radius 2 is 2.00 bits per heavy atom. The molecule has 0 radical (unpaired) electrons. The van der Waals surface area contributed by atoms with Crippen molar-refractivity contribution in [2.24, 2.45) is 0 Å². The first-order valence-corrected chi connectivity index (χ1v) is 8.49. The Labute approximate surface area is 149 Å². The van der Waals surface area contributed by atoms with Gasteiger partial charge in [0.1, 0.15) is 24.4 Å². The molecule has 0 bridgehead atoms. The van der Waals surface area contributed by atoms with Gasteiger partial charge in [-0.15, -0.1) is 0 Å². The second kappa shape index (κ2) is 8.45. The molecule has 0 unspecified atom stereocenters. The monoisotopic (exact) mass is 374 g/mol. The smallest absolute Gasteiger partial charge is 0.349 e. The van der Waals surface area contributed by atoms with E-state index in [2.05, 4.69) is 0 Å². The molecule has 2 rings (SSSR count). The fourth-order valence-corrected chi connectivity index (χ4v) is 3.88. The molecule has 1 fully saturated rings. The van der Waals surface area contributed by atoms with Crippen molar-refractivity contribution in [2.75, 3.05) is 13.7 Å². The third kappa shape index (κ3) is 4.32. The highest BCUT2D eigenvalue weighted by molar-refractivity contribution is 8.01. The zero-order valence-corrected chi connectivity index (χ0v) is 14.4. The standard InChI is InChI=1S/C16H22O8S/c1-23-15(22)16(25-9-5-3-2-4-6-9)7-10(18)12(20)14(24-16)13(21)11(19)8-17/h2-6,10-14,17-21H,7-8H2,1H3/t10-,11+,12+,13+,14+,16+/m0/s1. The minimum absolute atomic E-state index is 0.279. The average Bonchev–Trinajstić information content (AvgIpc) is 2.63. The Morgan fingerprint density at radius 3 is 2.56 bits per heavy atom. The topological polar surface area (TPSA) is 137 Å². The number of carbonyl (C=O) groups is 1. The molecule has 1 aromatic rings. The molecule has 140 valence electrons. The maximum absolute atomic E-state index is 12.4. The molecule has 0 spiro atoms. The van der Waals surface area contributed by atoms with Gasteiger partial charge in [0.15, 0.2) is 0 Å². The molecule has 0 amide bonds. The minimum atomic E-state index is -1.73. The lowest BCUT2D eigenvalue weighted by molar-refractivity contribution is -0.231. The number of hydrogen-bond donors (Lipinski definition) is 5. The van der Waals surface area contributed by atoms with Crippen molar-refractivity contribution in [2.45, 2.75) is 46.8 Å². The molecule has 6 atom stereocenters. The Hall–Kier alpha value is -1.20. The lowest BCUT2D eigenvalue weighted by Gasteiger charge is -2.45. The maximum atomic E-state index is 12.4. The molecular weight excluding hydrogens is 352 g/mol. The highest BCUT2D eigenvalue weighted by Gasteiger charge is 2.55. The number of thioether (sulfide) groups is 1. The lowest BCUT2D eigenvalue weighted by atomic mass is 9.92. The molecule has 1 saturated heterocycles. The third-order valence-electron chi connectivity index (χ3n) is 3.98. The van der Waals surface area contributed by atoms with Gasteiger partial charge in [-0.3, -0.25) is 0 Å². The van der Waals surface area contributed by atoms with Crippen molar-refractivity contribution >= 4 is 17.7 Å². The van der Waals surface area contributed by atoms with Gasteiger partial charge in [-0.25, -0.2) is 4.79 Å². The van der Waals surface area contributed by atoms with Crippen molar-refractivity contribution in [3.63, 3.8) is 0 Å². The van der Waals surface area contributed by atoms with E-state index in [1.54, 1.807) is 30.3 Å². The van der Waals surface area contributed by atoms with Gasteiger partial charge in [-0.1, -0.05) is 30.0 Å². The number of benzene rings is 1. The third-order valence-corrected chi connectivity index (χ3v) is 5.24. The first kappa shape index (κ1) is 20.1. The molecule has 9 heteroatoms. The van der Waals surface area contributed by atoms with E-state index in [0.717, 1.165) is 18.9 Å². The van der Waals surface area contributed by atoms with Crippen LogP contribution >= 0.6 is 11.8 Å². The first-order valence-electron chi connectivity index (χ1n) is 7.68. The highest BCUT2D eigenvalue weighted by Crippen LogP contribution is 2.44. The van der Waals surface area contributed by atoms with E-state index in [0.29, 0.717) is 4.90 Å². The van der Waals surface area contributed by atoms with E-state index in [-0.39, 0.29) is 6.42 Å². The second-order valence-corrected chi connectivity index (χ2v) is 7.08. The van der Waals surface area contributed by atoms with Crippen LogP contribution in [-0.4, -0.2) is 80.7 Å². The number of ether oxygens (including phenoxy) is 2. The van der Waals surface area contributed by atoms with E-state index in [1.807, 2.05) is 0 Å². The number of esters is 1. The Balaban J connectivity index is 2.36. The van der Waals surface area contributed by atoms with Gasteiger partial charge >= 0.3 is 5.97 Å². The summed E-state index contributed by atoms with van der Waals surface area (Å²) in [6, 6.07) is 8.75. The lowest BCUT2D eigenvalue weighted by Crippen LogP contribution is -2.62. The van der Waals surface area contributed by atoms with Crippen LogP contribution in [0.1, 0.15) is 6.42 Å². The van der Waals surface area contributed by atoms with Crippen LogP contribution in [0, 0.1) is 0 Å². The molecule has 0 aliphatic carbocycles. The van der Waals surface area contributed by atoms with Gasteiger partial charge in [-0.05, 0) is 12.1 Å². The van der Waals surface area contributed by atoms with Gasteiger partial charge in [0.25, 0.3) is 0 Å². The summed E-state index contributed by atoms with van der Waals surface area (Å²) < 4.78 is 10.4. The van der Waals surface area contributed by atoms with Crippen LogP contribution in [-0.2, 0) is 14.3 Å². The summed E-state index contributed by atoms with van der Waals surface area (Å²) in [5.74, 6) is -0.803. The maximum Gasteiger partial charge on any atom is 0.349 e. The van der Waals surface area contributed by atoms with Crippen LogP contribution in [0.15, 0.2) is 35.2 Å². The quantitative estimate of drug-likeness (QED) is 0.392. The Morgan fingerprint density at radius 1 is 1.36 bits per heavy atom. The summed E-state index contributed by atoms with van der Waals surface area (Å²) in [7, 11) is 1.16. The fraction of sp³-hybridized carbons (Fsp3) is 0.562. The van der Waals surface area contributed by atoms with Crippen LogP contribution in [0.2, 0.25) is 0 Å². The predicted molar refractivity (Wildman–Crippen MR) is 87.6 cm³/mol. The summed E-state index contributed by atoms with van der Waals surface area (Å²) in [6.07, 6.45) is -8.06. The van der Waals surface area contributed by atoms with Crippen LogP contribution < -0.4 is 0 Å². The van der Waals surface area contributed by atoms with Crippen LogP contribution in [0.4, 0.5) is 0 Å². The van der Waals surface area contributed by atoms with Crippen LogP contribution in [0.5, 0.6) is 0 Å². The number of hydrogen-bond acceptors (Lipinski definition) is 9. The second-order valence-electron chi connectivity index (χ2n) is 5.74. The minimum Gasteiger partial charge on any atom is -0.466 e. The highest BCUT2D eigenvalue weighted by atomic mass is 32.2. The van der Waals surface area contributed by atoms with Gasteiger partial charge < -0.3 is 35.0 Å². The molecule has 0 aromatic heterocycles. The van der Waals surface area contributed by atoms with E-state index in [1.165, 1.54) is 0 Å². The molecule has 25 heavy (non-hydrogen) atoms. The number of aliphatic hydroxyl groups is 5. The van der Waals surface area contributed by atoms with Crippen LogP contribution in [0.3, 0.4) is 0 Å². The largest absolute Gasteiger partial charge is 0.466 e.